The van der Waals surface area contributed by atoms with E-state index >= 15 is 0 Å². The first-order chi connectivity index (χ1) is 13.6. The van der Waals surface area contributed by atoms with Gasteiger partial charge in [-0.15, -0.1) is 0 Å². The molecule has 1 heterocycles. The predicted molar refractivity (Wildman–Crippen MR) is 101 cm³/mol. The van der Waals surface area contributed by atoms with E-state index in [1.165, 1.54) is 24.9 Å². The Labute approximate surface area is 165 Å². The molecule has 3 aromatic rings. The largest absolute Gasteiger partial charge is 0.463 e. The van der Waals surface area contributed by atoms with Crippen molar-refractivity contribution in [3.05, 3.63) is 83.3 Å². The summed E-state index contributed by atoms with van der Waals surface area (Å²) in [7, 11) is 1.25. The van der Waals surface area contributed by atoms with E-state index in [0.717, 1.165) is 4.90 Å². The number of hydrogen-bond donors (Lipinski definition) is 0. The molecule has 140 valence electrons. The van der Waals surface area contributed by atoms with Gasteiger partial charge in [0.05, 0.1) is 18.2 Å². The molecule has 0 fully saturated rings. The van der Waals surface area contributed by atoms with E-state index in [1.807, 2.05) is 18.2 Å². The molecule has 0 N–H and O–H groups in total. The van der Waals surface area contributed by atoms with Gasteiger partial charge in [0.2, 0.25) is 5.76 Å². The number of carbonyl (C=O) groups is 2. The number of esters is 2. The Morgan fingerprint density at radius 2 is 1.71 bits per heavy atom. The van der Waals surface area contributed by atoms with Crippen LogP contribution in [0.15, 0.2) is 74.9 Å². The fraction of sp³-hybridized carbons (Fsp3) is 0.0952. The molecule has 0 bridgehead atoms. The van der Waals surface area contributed by atoms with Gasteiger partial charge in [-0.25, -0.2) is 9.59 Å². The van der Waals surface area contributed by atoms with E-state index in [2.05, 4.69) is 10.8 Å². The second-order valence-corrected chi connectivity index (χ2v) is 6.62. The van der Waals surface area contributed by atoms with Gasteiger partial charge in [-0.1, -0.05) is 36.0 Å². The van der Waals surface area contributed by atoms with Gasteiger partial charge >= 0.3 is 11.9 Å². The van der Waals surface area contributed by atoms with Gasteiger partial charge in [0.15, 0.2) is 0 Å². The van der Waals surface area contributed by atoms with E-state index in [0.29, 0.717) is 21.8 Å². The summed E-state index contributed by atoms with van der Waals surface area (Å²) in [4.78, 5) is 25.4. The van der Waals surface area contributed by atoms with Crippen LogP contribution in [-0.2, 0) is 16.1 Å². The third-order valence-corrected chi connectivity index (χ3v) is 4.88. The molecular formula is C21H15NO5S. The van der Waals surface area contributed by atoms with E-state index < -0.39 is 11.9 Å². The predicted octanol–water partition coefficient (Wildman–Crippen LogP) is 4.45. The van der Waals surface area contributed by atoms with Crippen LogP contribution < -0.4 is 0 Å². The normalized spacial score (nSPS) is 10.1. The number of nitrogens with zero attached hydrogens (tertiary/aromatic N) is 1. The van der Waals surface area contributed by atoms with Gasteiger partial charge in [0.1, 0.15) is 18.4 Å². The highest BCUT2D eigenvalue weighted by Crippen LogP contribution is 2.33. The fourth-order valence-corrected chi connectivity index (χ4v) is 3.39. The summed E-state index contributed by atoms with van der Waals surface area (Å²) in [5, 5.41) is 9.25. The summed E-state index contributed by atoms with van der Waals surface area (Å²) < 4.78 is 15.2. The Kier molecular flexibility index (Phi) is 6.14. The van der Waals surface area contributed by atoms with Crippen molar-refractivity contribution in [3.8, 4) is 6.07 Å². The highest BCUT2D eigenvalue weighted by Gasteiger charge is 2.17. The third kappa shape index (κ3) is 4.42. The molecule has 2 aromatic carbocycles. The molecule has 0 saturated heterocycles. The summed E-state index contributed by atoms with van der Waals surface area (Å²) >= 11 is 1.32. The Morgan fingerprint density at radius 3 is 2.46 bits per heavy atom. The van der Waals surface area contributed by atoms with Gasteiger partial charge in [-0.2, -0.15) is 5.26 Å². The van der Waals surface area contributed by atoms with Crippen molar-refractivity contribution in [2.45, 2.75) is 16.4 Å². The molecule has 6 nitrogen and oxygen atoms in total. The van der Waals surface area contributed by atoms with Crippen LogP contribution in [0.3, 0.4) is 0 Å². The van der Waals surface area contributed by atoms with E-state index in [1.54, 1.807) is 36.4 Å². The number of furan rings is 1. The van der Waals surface area contributed by atoms with Crippen molar-refractivity contribution < 1.29 is 23.5 Å². The molecule has 0 amide bonds. The second kappa shape index (κ2) is 8.93. The number of nitriles is 1. The number of ether oxygens (including phenoxy) is 2. The lowest BCUT2D eigenvalue weighted by atomic mass is 10.2. The van der Waals surface area contributed by atoms with Gasteiger partial charge in [-0.3, -0.25) is 0 Å². The molecule has 7 heteroatoms. The quantitative estimate of drug-likeness (QED) is 0.572. The molecule has 28 heavy (non-hydrogen) atoms. The van der Waals surface area contributed by atoms with Crippen molar-refractivity contribution in [1.29, 1.82) is 5.26 Å². The van der Waals surface area contributed by atoms with Crippen LogP contribution in [0.25, 0.3) is 0 Å². The summed E-state index contributed by atoms with van der Waals surface area (Å²) in [6.45, 7) is -0.121. The molecule has 0 spiro atoms. The van der Waals surface area contributed by atoms with Crippen molar-refractivity contribution in [1.82, 2.24) is 0 Å². The lowest BCUT2D eigenvalue weighted by molar-refractivity contribution is 0.0434. The number of methoxy groups -OCH3 is 1. The Morgan fingerprint density at radius 1 is 1.00 bits per heavy atom. The second-order valence-electron chi connectivity index (χ2n) is 5.54. The van der Waals surface area contributed by atoms with Crippen molar-refractivity contribution in [2.75, 3.05) is 7.11 Å². The first kappa shape index (κ1) is 19.3. The summed E-state index contributed by atoms with van der Waals surface area (Å²) in [6.07, 6.45) is 0. The smallest absolute Gasteiger partial charge is 0.373 e. The summed E-state index contributed by atoms with van der Waals surface area (Å²) in [6, 6.07) is 19.3. The van der Waals surface area contributed by atoms with Crippen molar-refractivity contribution in [3.63, 3.8) is 0 Å². The maximum atomic E-state index is 12.5. The zero-order valence-electron chi connectivity index (χ0n) is 14.9. The van der Waals surface area contributed by atoms with Crippen molar-refractivity contribution >= 4 is 23.7 Å². The van der Waals surface area contributed by atoms with Gasteiger partial charge in [0.25, 0.3) is 0 Å². The van der Waals surface area contributed by atoms with E-state index in [9.17, 15) is 14.9 Å². The standard InChI is InChI=1S/C21H15NO5S/c1-25-21(24)17-11-10-15(27-17)13-26-20(23)16-7-3-5-9-19(16)28-18-8-4-2-6-14(18)12-22/h2-11H,13H2,1H3. The number of rotatable bonds is 6. The molecule has 0 aliphatic carbocycles. The van der Waals surface area contributed by atoms with Crippen LogP contribution in [0, 0.1) is 11.3 Å². The Balaban J connectivity index is 1.73. The topological polar surface area (TPSA) is 89.5 Å². The fourth-order valence-electron chi connectivity index (χ4n) is 2.37. The summed E-state index contributed by atoms with van der Waals surface area (Å²) in [5.41, 5.74) is 0.904. The van der Waals surface area contributed by atoms with Crippen LogP contribution in [-0.4, -0.2) is 19.0 Å². The zero-order chi connectivity index (χ0) is 19.9. The molecule has 3 rings (SSSR count). The van der Waals surface area contributed by atoms with E-state index in [4.69, 9.17) is 9.15 Å². The molecular weight excluding hydrogens is 378 g/mol. The highest BCUT2D eigenvalue weighted by molar-refractivity contribution is 7.99. The monoisotopic (exact) mass is 393 g/mol. The van der Waals surface area contributed by atoms with Gasteiger partial charge in [-0.05, 0) is 36.4 Å². The van der Waals surface area contributed by atoms with Crippen molar-refractivity contribution in [2.24, 2.45) is 0 Å². The molecule has 0 aliphatic heterocycles. The minimum atomic E-state index is -0.601. The SMILES string of the molecule is COC(=O)c1ccc(COC(=O)c2ccccc2Sc2ccccc2C#N)o1. The average Bonchev–Trinajstić information content (AvgIpc) is 3.21. The number of hydrogen-bond acceptors (Lipinski definition) is 7. The zero-order valence-corrected chi connectivity index (χ0v) is 15.7. The number of benzene rings is 2. The molecule has 0 unspecified atom stereocenters. The minimum Gasteiger partial charge on any atom is -0.463 e. The van der Waals surface area contributed by atoms with Crippen LogP contribution in [0.4, 0.5) is 0 Å². The minimum absolute atomic E-state index is 0.0395. The summed E-state index contributed by atoms with van der Waals surface area (Å²) in [5.74, 6) is -0.768. The van der Waals surface area contributed by atoms with Gasteiger partial charge in [0, 0.05) is 9.79 Å². The van der Waals surface area contributed by atoms with Crippen LogP contribution in [0.2, 0.25) is 0 Å². The van der Waals surface area contributed by atoms with Gasteiger partial charge < -0.3 is 13.9 Å². The van der Waals surface area contributed by atoms with Crippen LogP contribution in [0.1, 0.15) is 32.2 Å². The first-order valence-corrected chi connectivity index (χ1v) is 9.04. The lowest BCUT2D eigenvalue weighted by Crippen LogP contribution is -2.06. The third-order valence-electron chi connectivity index (χ3n) is 3.73. The molecule has 0 radical (unpaired) electrons. The molecule has 0 saturated carbocycles. The average molecular weight is 393 g/mol. The maximum absolute atomic E-state index is 12.5. The van der Waals surface area contributed by atoms with E-state index in [-0.39, 0.29) is 12.4 Å². The van der Waals surface area contributed by atoms with Crippen LogP contribution >= 0.6 is 11.8 Å². The maximum Gasteiger partial charge on any atom is 0.373 e. The molecule has 0 aliphatic rings. The first-order valence-electron chi connectivity index (χ1n) is 8.22. The number of carbonyl (C=O) groups excluding carboxylic acids is 2. The lowest BCUT2D eigenvalue weighted by Gasteiger charge is -2.09. The molecule has 0 atom stereocenters. The Bertz CT molecular complexity index is 1050. The molecule has 1 aromatic heterocycles. The Hall–Kier alpha value is -3.50. The van der Waals surface area contributed by atoms with Crippen LogP contribution in [0.5, 0.6) is 0 Å². The highest BCUT2D eigenvalue weighted by atomic mass is 32.2.